The number of fused-ring (bicyclic) bond motifs is 4. The highest BCUT2D eigenvalue weighted by molar-refractivity contribution is 7.92. The molecule has 2 aromatic rings. The molecule has 0 aliphatic carbocycles. The monoisotopic (exact) mass is 395 g/mol. The molecular weight excluding hydrogens is 381 g/mol. The number of hydrogen-bond donors (Lipinski definition) is 1. The molecule has 1 saturated heterocycles. The zero-order valence-electron chi connectivity index (χ0n) is 13.7. The molecule has 0 spiro atoms. The predicted octanol–water partition coefficient (Wildman–Crippen LogP) is 3.03. The molecule has 1 amide bonds. The third kappa shape index (κ3) is 2.66. The summed E-state index contributed by atoms with van der Waals surface area (Å²) in [7, 11) is -4.04. The van der Waals surface area contributed by atoms with E-state index in [1.54, 1.807) is 25.1 Å². The van der Waals surface area contributed by atoms with Crippen LogP contribution in [0.4, 0.5) is 4.39 Å². The van der Waals surface area contributed by atoms with E-state index in [1.165, 1.54) is 12.1 Å². The Labute approximate surface area is 155 Å². The van der Waals surface area contributed by atoms with Crippen LogP contribution in [0.15, 0.2) is 47.4 Å². The normalized spacial score (nSPS) is 27.3. The molecule has 2 aliphatic heterocycles. The van der Waals surface area contributed by atoms with Crippen LogP contribution in [0.2, 0.25) is 5.02 Å². The quantitative estimate of drug-likeness (QED) is 0.793. The maximum Gasteiger partial charge on any atom is 0.242 e. The van der Waals surface area contributed by atoms with E-state index in [0.717, 1.165) is 12.1 Å². The lowest BCUT2D eigenvalue weighted by molar-refractivity contribution is -0.132. The van der Waals surface area contributed by atoms with Crippen LogP contribution in [-0.4, -0.2) is 25.3 Å². The first-order chi connectivity index (χ1) is 12.2. The minimum absolute atomic E-state index is 0.0993. The minimum Gasteiger partial charge on any atom is -0.468 e. The van der Waals surface area contributed by atoms with E-state index < -0.39 is 38.5 Å². The molecule has 0 aromatic heterocycles. The Morgan fingerprint density at radius 1 is 1.23 bits per heavy atom. The van der Waals surface area contributed by atoms with Gasteiger partial charge in [0.2, 0.25) is 5.91 Å². The summed E-state index contributed by atoms with van der Waals surface area (Å²) in [4.78, 5) is 12.6. The van der Waals surface area contributed by atoms with Crippen LogP contribution in [0.1, 0.15) is 24.8 Å². The van der Waals surface area contributed by atoms with Crippen LogP contribution >= 0.6 is 11.6 Å². The summed E-state index contributed by atoms with van der Waals surface area (Å²) in [6, 6.07) is 9.41. The van der Waals surface area contributed by atoms with Gasteiger partial charge in [-0.15, -0.1) is 0 Å². The molecule has 4 rings (SSSR count). The fourth-order valence-corrected chi connectivity index (χ4v) is 5.71. The van der Waals surface area contributed by atoms with E-state index in [0.29, 0.717) is 16.3 Å². The minimum atomic E-state index is -4.04. The Bertz CT molecular complexity index is 1010. The number of sulfone groups is 1. The Morgan fingerprint density at radius 3 is 2.62 bits per heavy atom. The second-order valence-corrected chi connectivity index (χ2v) is 9.24. The number of hydrogen-bond acceptors (Lipinski definition) is 4. The van der Waals surface area contributed by atoms with Gasteiger partial charge in [-0.25, -0.2) is 12.8 Å². The largest absolute Gasteiger partial charge is 0.468 e. The molecule has 0 saturated carbocycles. The second-order valence-electron chi connectivity index (χ2n) is 6.73. The Hall–Kier alpha value is -2.12. The number of carbonyl (C=O) groups excluding carboxylic acids is 1. The van der Waals surface area contributed by atoms with Gasteiger partial charge in [0.05, 0.1) is 4.90 Å². The predicted molar refractivity (Wildman–Crippen MR) is 93.4 cm³/mol. The van der Waals surface area contributed by atoms with Crippen molar-refractivity contribution in [2.75, 3.05) is 0 Å². The number of carbonyl (C=O) groups is 1. The van der Waals surface area contributed by atoms with Crippen LogP contribution in [-0.2, 0) is 14.6 Å². The fourth-order valence-electron chi connectivity index (χ4n) is 3.71. The Morgan fingerprint density at radius 2 is 1.92 bits per heavy atom. The van der Waals surface area contributed by atoms with Gasteiger partial charge in [-0.1, -0.05) is 11.6 Å². The highest BCUT2D eigenvalue weighted by atomic mass is 35.5. The number of amides is 1. The Balaban J connectivity index is 1.86. The first kappa shape index (κ1) is 17.3. The lowest BCUT2D eigenvalue weighted by Crippen LogP contribution is -2.63. The van der Waals surface area contributed by atoms with Crippen molar-refractivity contribution in [3.05, 3.63) is 58.9 Å². The highest BCUT2D eigenvalue weighted by Crippen LogP contribution is 2.47. The molecule has 5 nitrogen and oxygen atoms in total. The molecule has 8 heteroatoms. The summed E-state index contributed by atoms with van der Waals surface area (Å²) in [6.45, 7) is 1.70. The molecule has 2 heterocycles. The third-order valence-corrected chi connectivity index (χ3v) is 7.18. The smallest absolute Gasteiger partial charge is 0.242 e. The maximum atomic E-state index is 13.2. The Kier molecular flexibility index (Phi) is 3.79. The first-order valence-corrected chi connectivity index (χ1v) is 9.92. The zero-order chi connectivity index (χ0) is 18.7. The van der Waals surface area contributed by atoms with Gasteiger partial charge in [-0.2, -0.15) is 0 Å². The van der Waals surface area contributed by atoms with Crippen molar-refractivity contribution in [2.24, 2.45) is 0 Å². The van der Waals surface area contributed by atoms with Gasteiger partial charge >= 0.3 is 0 Å². The first-order valence-electron chi connectivity index (χ1n) is 8.00. The third-order valence-electron chi connectivity index (χ3n) is 4.80. The number of ether oxygens (including phenoxy) is 1. The van der Waals surface area contributed by atoms with Crippen LogP contribution in [0.3, 0.4) is 0 Å². The maximum absolute atomic E-state index is 13.2. The van der Waals surface area contributed by atoms with E-state index in [9.17, 15) is 17.6 Å². The molecule has 136 valence electrons. The van der Waals surface area contributed by atoms with Crippen molar-refractivity contribution in [1.29, 1.82) is 0 Å². The van der Waals surface area contributed by atoms with E-state index in [4.69, 9.17) is 16.3 Å². The van der Waals surface area contributed by atoms with Gasteiger partial charge in [-0.05, 0) is 49.4 Å². The lowest BCUT2D eigenvalue weighted by Gasteiger charge is -2.46. The molecular formula is C18H15ClFNO4S. The second kappa shape index (κ2) is 5.69. The van der Waals surface area contributed by atoms with E-state index in [-0.39, 0.29) is 11.3 Å². The standard InChI is InChI=1S/C18H15ClFNO4S/c1-18-9-14(13-8-10(19)2-7-15(13)25-18)16(17(22)21-18)26(23,24)12-5-3-11(20)4-6-12/h2-8,14,16H,9H2,1H3,(H,21,22)/t14-,16-,18-/m0/s1. The summed E-state index contributed by atoms with van der Waals surface area (Å²) in [5.41, 5.74) is -0.405. The van der Waals surface area contributed by atoms with E-state index in [1.807, 2.05) is 0 Å². The molecule has 2 aliphatic rings. The summed E-state index contributed by atoms with van der Waals surface area (Å²) in [5, 5.41) is 1.75. The van der Waals surface area contributed by atoms with Crippen molar-refractivity contribution in [3.63, 3.8) is 0 Å². The number of rotatable bonds is 2. The zero-order valence-corrected chi connectivity index (χ0v) is 15.3. The van der Waals surface area contributed by atoms with Gasteiger partial charge in [0.1, 0.15) is 11.6 Å². The molecule has 0 unspecified atom stereocenters. The van der Waals surface area contributed by atoms with E-state index >= 15 is 0 Å². The number of benzene rings is 2. The van der Waals surface area contributed by atoms with Crippen LogP contribution in [0.25, 0.3) is 0 Å². The molecule has 2 bridgehead atoms. The molecule has 0 radical (unpaired) electrons. The van der Waals surface area contributed by atoms with Gasteiger partial charge < -0.3 is 10.1 Å². The van der Waals surface area contributed by atoms with Crippen molar-refractivity contribution in [2.45, 2.75) is 35.1 Å². The van der Waals surface area contributed by atoms with Crippen molar-refractivity contribution in [3.8, 4) is 5.75 Å². The number of halogens is 2. The summed E-state index contributed by atoms with van der Waals surface area (Å²) in [6.07, 6.45) is 0.289. The number of nitrogens with one attached hydrogen (secondary N) is 1. The molecule has 1 N–H and O–H groups in total. The van der Waals surface area contributed by atoms with Gasteiger partial charge in [0, 0.05) is 22.9 Å². The van der Waals surface area contributed by atoms with Crippen molar-refractivity contribution < 1.29 is 22.3 Å². The van der Waals surface area contributed by atoms with Crippen LogP contribution in [0, 0.1) is 5.82 Å². The van der Waals surface area contributed by atoms with Gasteiger partial charge in [0.25, 0.3) is 0 Å². The highest BCUT2D eigenvalue weighted by Gasteiger charge is 2.54. The summed E-state index contributed by atoms with van der Waals surface area (Å²) >= 11 is 6.07. The topological polar surface area (TPSA) is 72.5 Å². The van der Waals surface area contributed by atoms with Crippen molar-refractivity contribution in [1.82, 2.24) is 5.32 Å². The van der Waals surface area contributed by atoms with Crippen molar-refractivity contribution >= 4 is 27.3 Å². The van der Waals surface area contributed by atoms with Gasteiger partial charge in [0.15, 0.2) is 20.8 Å². The average molecular weight is 396 g/mol. The fraction of sp³-hybridized carbons (Fsp3) is 0.278. The lowest BCUT2D eigenvalue weighted by atomic mass is 9.81. The van der Waals surface area contributed by atoms with Crippen LogP contribution in [0.5, 0.6) is 5.75 Å². The summed E-state index contributed by atoms with van der Waals surface area (Å²) in [5.74, 6) is -1.31. The van der Waals surface area contributed by atoms with Crippen LogP contribution < -0.4 is 10.1 Å². The molecule has 2 aromatic carbocycles. The van der Waals surface area contributed by atoms with Gasteiger partial charge in [-0.3, -0.25) is 4.79 Å². The SMILES string of the molecule is C[C@@]12C[C@@H](c3cc(Cl)ccc3O1)[C@H](S(=O)(=O)c1ccc(F)cc1)C(=O)N2. The molecule has 26 heavy (non-hydrogen) atoms. The molecule has 1 fully saturated rings. The summed E-state index contributed by atoms with van der Waals surface area (Å²) < 4.78 is 45.3. The average Bonchev–Trinajstić information content (AvgIpc) is 2.55. The molecule has 3 atom stereocenters. The number of piperidine rings is 1. The van der Waals surface area contributed by atoms with E-state index in [2.05, 4.69) is 5.32 Å².